The molecular weight excluding hydrogens is 378 g/mol. The van der Waals surface area contributed by atoms with Gasteiger partial charge in [-0.05, 0) is 25.1 Å². The van der Waals surface area contributed by atoms with Crippen molar-refractivity contribution >= 4 is 28.6 Å². The summed E-state index contributed by atoms with van der Waals surface area (Å²) >= 11 is 0. The molecule has 0 bridgehead atoms. The fourth-order valence-electron chi connectivity index (χ4n) is 3.38. The van der Waals surface area contributed by atoms with Crippen LogP contribution in [0.15, 0.2) is 36.5 Å². The van der Waals surface area contributed by atoms with E-state index in [2.05, 4.69) is 42.2 Å². The first kappa shape index (κ1) is 19.8. The number of pyridine rings is 1. The van der Waals surface area contributed by atoms with Gasteiger partial charge in [0.25, 0.3) is 0 Å². The Labute approximate surface area is 175 Å². The standard InChI is InChI=1S/C22H27N7O/c1-13-16(30-14-9-10-24-18(23)11-14)8-7-15-20(13)28(5)21(25-15)26-19-12-17(22(2,3)4)27-29(19)6/h7-12H,1-6H3,(H2,23,24)(H,25,26). The third kappa shape index (κ3) is 3.56. The first-order chi connectivity index (χ1) is 14.1. The molecule has 1 aromatic carbocycles. The van der Waals surface area contributed by atoms with E-state index in [9.17, 15) is 0 Å². The number of nitrogens with zero attached hydrogens (tertiary/aromatic N) is 5. The van der Waals surface area contributed by atoms with Gasteiger partial charge >= 0.3 is 0 Å². The number of aromatic nitrogens is 5. The minimum atomic E-state index is -0.0246. The molecule has 0 unspecified atom stereocenters. The van der Waals surface area contributed by atoms with Crippen molar-refractivity contribution in [2.24, 2.45) is 14.1 Å². The van der Waals surface area contributed by atoms with Gasteiger partial charge < -0.3 is 20.4 Å². The van der Waals surface area contributed by atoms with Crippen LogP contribution in [0.2, 0.25) is 0 Å². The summed E-state index contributed by atoms with van der Waals surface area (Å²) in [7, 11) is 3.91. The molecule has 0 amide bonds. The van der Waals surface area contributed by atoms with Gasteiger partial charge in [0.15, 0.2) is 0 Å². The van der Waals surface area contributed by atoms with Crippen LogP contribution in [0.4, 0.5) is 17.6 Å². The Morgan fingerprint density at radius 3 is 2.53 bits per heavy atom. The van der Waals surface area contributed by atoms with Gasteiger partial charge in [-0.25, -0.2) is 9.97 Å². The lowest BCUT2D eigenvalue weighted by molar-refractivity contribution is 0.479. The summed E-state index contributed by atoms with van der Waals surface area (Å²) in [6.07, 6.45) is 1.63. The third-order valence-corrected chi connectivity index (χ3v) is 5.11. The van der Waals surface area contributed by atoms with E-state index in [4.69, 9.17) is 15.5 Å². The number of hydrogen-bond donors (Lipinski definition) is 2. The molecule has 8 nitrogen and oxygen atoms in total. The first-order valence-corrected chi connectivity index (χ1v) is 9.80. The second kappa shape index (κ2) is 7.05. The maximum absolute atomic E-state index is 6.04. The summed E-state index contributed by atoms with van der Waals surface area (Å²) in [4.78, 5) is 8.77. The number of hydrogen-bond acceptors (Lipinski definition) is 6. The SMILES string of the molecule is Cc1c(Oc2ccnc(N)c2)ccc2nc(Nc3cc(C(C)(C)C)nn3C)n(C)c12. The van der Waals surface area contributed by atoms with E-state index in [-0.39, 0.29) is 5.41 Å². The summed E-state index contributed by atoms with van der Waals surface area (Å²) < 4.78 is 9.92. The van der Waals surface area contributed by atoms with Crippen LogP contribution in [0.25, 0.3) is 11.0 Å². The van der Waals surface area contributed by atoms with E-state index in [1.807, 2.05) is 42.4 Å². The van der Waals surface area contributed by atoms with Gasteiger partial charge in [0, 0.05) is 43.4 Å². The molecule has 3 aromatic heterocycles. The highest BCUT2D eigenvalue weighted by Gasteiger charge is 2.20. The number of aryl methyl sites for hydroxylation is 3. The number of nitrogens with two attached hydrogens (primary N) is 1. The van der Waals surface area contributed by atoms with Crippen molar-refractivity contribution in [1.82, 2.24) is 24.3 Å². The second-order valence-electron chi connectivity index (χ2n) is 8.48. The van der Waals surface area contributed by atoms with Crippen LogP contribution in [-0.4, -0.2) is 24.3 Å². The third-order valence-electron chi connectivity index (χ3n) is 5.11. The molecule has 0 saturated heterocycles. The molecule has 0 saturated carbocycles. The van der Waals surface area contributed by atoms with Gasteiger partial charge in [0.05, 0.1) is 16.7 Å². The number of rotatable bonds is 4. The lowest BCUT2D eigenvalue weighted by Crippen LogP contribution is -2.12. The number of ether oxygens (including phenoxy) is 1. The number of nitrogen functional groups attached to an aromatic ring is 1. The Balaban J connectivity index is 1.69. The van der Waals surface area contributed by atoms with Gasteiger partial charge in [-0.3, -0.25) is 4.68 Å². The number of benzene rings is 1. The monoisotopic (exact) mass is 405 g/mol. The van der Waals surface area contributed by atoms with Crippen molar-refractivity contribution in [1.29, 1.82) is 0 Å². The molecule has 30 heavy (non-hydrogen) atoms. The molecule has 0 atom stereocenters. The molecule has 3 heterocycles. The predicted octanol–water partition coefficient (Wildman–Crippen LogP) is 4.43. The smallest absolute Gasteiger partial charge is 0.209 e. The highest BCUT2D eigenvalue weighted by molar-refractivity contribution is 5.84. The average molecular weight is 406 g/mol. The molecule has 0 fully saturated rings. The van der Waals surface area contributed by atoms with Gasteiger partial charge in [0.1, 0.15) is 23.1 Å². The van der Waals surface area contributed by atoms with E-state index < -0.39 is 0 Å². The van der Waals surface area contributed by atoms with Crippen molar-refractivity contribution in [3.8, 4) is 11.5 Å². The quantitative estimate of drug-likeness (QED) is 0.522. The molecule has 0 spiro atoms. The van der Waals surface area contributed by atoms with Crippen LogP contribution >= 0.6 is 0 Å². The van der Waals surface area contributed by atoms with Crippen LogP contribution in [0.3, 0.4) is 0 Å². The maximum atomic E-state index is 6.04. The Kier molecular flexibility index (Phi) is 4.64. The Morgan fingerprint density at radius 2 is 1.87 bits per heavy atom. The lowest BCUT2D eigenvalue weighted by atomic mass is 9.92. The second-order valence-corrected chi connectivity index (χ2v) is 8.48. The predicted molar refractivity (Wildman–Crippen MR) is 119 cm³/mol. The highest BCUT2D eigenvalue weighted by atomic mass is 16.5. The number of nitrogens with one attached hydrogen (secondary N) is 1. The summed E-state index contributed by atoms with van der Waals surface area (Å²) in [5.41, 5.74) is 9.63. The molecule has 0 aliphatic heterocycles. The van der Waals surface area contributed by atoms with Gasteiger partial charge in [-0.15, -0.1) is 0 Å². The largest absolute Gasteiger partial charge is 0.457 e. The lowest BCUT2D eigenvalue weighted by Gasteiger charge is -2.13. The van der Waals surface area contributed by atoms with E-state index in [0.29, 0.717) is 11.6 Å². The van der Waals surface area contributed by atoms with Crippen LogP contribution < -0.4 is 15.8 Å². The summed E-state index contributed by atoms with van der Waals surface area (Å²) in [6, 6.07) is 9.43. The molecule has 0 radical (unpaired) electrons. The van der Waals surface area contributed by atoms with Crippen LogP contribution in [0, 0.1) is 6.92 Å². The zero-order chi connectivity index (χ0) is 21.6. The number of anilines is 3. The summed E-state index contributed by atoms with van der Waals surface area (Å²) in [5.74, 6) is 3.44. The zero-order valence-corrected chi connectivity index (χ0v) is 18.2. The molecular formula is C22H27N7O. The number of imidazole rings is 1. The zero-order valence-electron chi connectivity index (χ0n) is 18.2. The molecule has 156 valence electrons. The van der Waals surface area contributed by atoms with E-state index >= 15 is 0 Å². The van der Waals surface area contributed by atoms with Gasteiger partial charge in [0.2, 0.25) is 5.95 Å². The average Bonchev–Trinajstić information content (AvgIpc) is 3.19. The highest BCUT2D eigenvalue weighted by Crippen LogP contribution is 2.33. The molecule has 4 rings (SSSR count). The van der Waals surface area contributed by atoms with Crippen molar-refractivity contribution in [3.63, 3.8) is 0 Å². The topological polar surface area (TPSA) is 95.8 Å². The molecule has 0 aliphatic carbocycles. The maximum Gasteiger partial charge on any atom is 0.209 e. The fraction of sp³-hybridized carbons (Fsp3) is 0.318. The first-order valence-electron chi connectivity index (χ1n) is 9.80. The summed E-state index contributed by atoms with van der Waals surface area (Å²) in [6.45, 7) is 8.47. The van der Waals surface area contributed by atoms with Crippen molar-refractivity contribution in [2.45, 2.75) is 33.1 Å². The molecule has 8 heteroatoms. The normalized spacial score (nSPS) is 11.8. The van der Waals surface area contributed by atoms with Crippen LogP contribution in [0.1, 0.15) is 32.0 Å². The van der Waals surface area contributed by atoms with Gasteiger partial charge in [-0.2, -0.15) is 5.10 Å². The Morgan fingerprint density at radius 1 is 1.10 bits per heavy atom. The Hall–Kier alpha value is -3.55. The minimum Gasteiger partial charge on any atom is -0.457 e. The molecule has 3 N–H and O–H groups in total. The van der Waals surface area contributed by atoms with Crippen LogP contribution in [0.5, 0.6) is 11.5 Å². The van der Waals surface area contributed by atoms with Crippen molar-refractivity contribution in [3.05, 3.63) is 47.8 Å². The van der Waals surface area contributed by atoms with Crippen molar-refractivity contribution in [2.75, 3.05) is 11.1 Å². The van der Waals surface area contributed by atoms with E-state index in [1.165, 1.54) is 0 Å². The Bertz CT molecular complexity index is 1230. The van der Waals surface area contributed by atoms with E-state index in [0.717, 1.165) is 39.8 Å². The molecule has 0 aliphatic rings. The van der Waals surface area contributed by atoms with Crippen LogP contribution in [-0.2, 0) is 19.5 Å². The fourth-order valence-corrected chi connectivity index (χ4v) is 3.38. The van der Waals surface area contributed by atoms with Gasteiger partial charge in [-0.1, -0.05) is 20.8 Å². The summed E-state index contributed by atoms with van der Waals surface area (Å²) in [5, 5.41) is 8.04. The minimum absolute atomic E-state index is 0.0246. The van der Waals surface area contributed by atoms with Crippen molar-refractivity contribution < 1.29 is 4.74 Å². The van der Waals surface area contributed by atoms with E-state index in [1.54, 1.807) is 18.3 Å². The number of fused-ring (bicyclic) bond motifs is 1. The molecule has 4 aromatic rings.